The van der Waals surface area contributed by atoms with Crippen molar-refractivity contribution < 1.29 is 9.59 Å². The highest BCUT2D eigenvalue weighted by atomic mass is 35.5. The fourth-order valence-electron chi connectivity index (χ4n) is 1.54. The van der Waals surface area contributed by atoms with Crippen molar-refractivity contribution in [2.75, 3.05) is 26.7 Å². The summed E-state index contributed by atoms with van der Waals surface area (Å²) in [4.78, 5) is 25.1. The molecule has 5 heteroatoms. The van der Waals surface area contributed by atoms with Gasteiger partial charge in [0, 0.05) is 12.6 Å². The van der Waals surface area contributed by atoms with Gasteiger partial charge in [-0.3, -0.25) is 14.5 Å². The first-order valence-corrected chi connectivity index (χ1v) is 6.17. The van der Waals surface area contributed by atoms with Gasteiger partial charge in [0.25, 0.3) is 0 Å². The Hall–Kier alpha value is -1.39. The van der Waals surface area contributed by atoms with Crippen LogP contribution in [0.3, 0.4) is 0 Å². The van der Waals surface area contributed by atoms with E-state index in [1.54, 1.807) is 36.2 Å². The van der Waals surface area contributed by atoms with E-state index in [0.717, 1.165) is 0 Å². The fraction of sp³-hybridized carbons (Fsp3) is 0.385. The summed E-state index contributed by atoms with van der Waals surface area (Å²) in [6.45, 7) is 2.93. The second kappa shape index (κ2) is 7.13. The first-order chi connectivity index (χ1) is 8.58. The van der Waals surface area contributed by atoms with Crippen LogP contribution in [-0.4, -0.2) is 43.3 Å². The van der Waals surface area contributed by atoms with E-state index in [9.17, 15) is 9.59 Å². The van der Waals surface area contributed by atoms with Gasteiger partial charge in [0.15, 0.2) is 5.78 Å². The van der Waals surface area contributed by atoms with Gasteiger partial charge in [-0.1, -0.05) is 30.7 Å². The smallest absolute Gasteiger partial charge is 0.233 e. The highest BCUT2D eigenvalue weighted by Crippen LogP contribution is 2.15. The predicted octanol–water partition coefficient (Wildman–Crippen LogP) is 1.59. The van der Waals surface area contributed by atoms with Gasteiger partial charge in [-0.15, -0.1) is 0 Å². The van der Waals surface area contributed by atoms with Crippen molar-refractivity contribution >= 4 is 23.3 Å². The first kappa shape index (κ1) is 14.7. The van der Waals surface area contributed by atoms with Crippen LogP contribution in [0.15, 0.2) is 24.3 Å². The number of carbonyl (C=O) groups is 2. The number of nitrogens with zero attached hydrogens (tertiary/aromatic N) is 1. The lowest BCUT2D eigenvalue weighted by Gasteiger charge is -2.18. The molecule has 0 fully saturated rings. The summed E-state index contributed by atoms with van der Waals surface area (Å²) in [6.07, 6.45) is 0. The molecule has 0 radical (unpaired) electrons. The molecular weight excluding hydrogens is 252 g/mol. The van der Waals surface area contributed by atoms with Gasteiger partial charge >= 0.3 is 0 Å². The number of rotatable bonds is 6. The summed E-state index contributed by atoms with van der Waals surface area (Å²) in [6, 6.07) is 6.93. The number of carbonyl (C=O) groups excluding carboxylic acids is 2. The highest BCUT2D eigenvalue weighted by Gasteiger charge is 2.15. The van der Waals surface area contributed by atoms with Crippen LogP contribution in [0.25, 0.3) is 0 Å². The molecule has 1 aromatic rings. The number of amides is 1. The SMILES string of the molecule is CCN(CC(=O)NC)CC(=O)c1ccccc1Cl. The molecule has 0 spiro atoms. The Kier molecular flexibility index (Phi) is 5.82. The predicted molar refractivity (Wildman–Crippen MR) is 72.0 cm³/mol. The van der Waals surface area contributed by atoms with Gasteiger partial charge in [-0.25, -0.2) is 0 Å². The number of hydrogen-bond donors (Lipinski definition) is 1. The van der Waals surface area contributed by atoms with Gasteiger partial charge < -0.3 is 5.32 Å². The molecule has 1 aromatic carbocycles. The second-order valence-corrected chi connectivity index (χ2v) is 4.29. The Bertz CT molecular complexity index is 435. The summed E-state index contributed by atoms with van der Waals surface area (Å²) < 4.78 is 0. The molecule has 1 rings (SSSR count). The van der Waals surface area contributed by atoms with Crippen LogP contribution in [0.2, 0.25) is 5.02 Å². The zero-order valence-corrected chi connectivity index (χ0v) is 11.3. The molecule has 0 aliphatic heterocycles. The zero-order chi connectivity index (χ0) is 13.5. The van der Waals surface area contributed by atoms with Crippen LogP contribution >= 0.6 is 11.6 Å². The Morgan fingerprint density at radius 1 is 1.28 bits per heavy atom. The summed E-state index contributed by atoms with van der Waals surface area (Å²) in [5.41, 5.74) is 0.495. The second-order valence-electron chi connectivity index (χ2n) is 3.88. The van der Waals surface area contributed by atoms with Crippen molar-refractivity contribution in [3.8, 4) is 0 Å². The van der Waals surface area contributed by atoms with Crippen molar-refractivity contribution in [3.05, 3.63) is 34.9 Å². The number of likely N-dealkylation sites (N-methyl/N-ethyl adjacent to an activating group) is 2. The van der Waals surface area contributed by atoms with Gasteiger partial charge in [-0.2, -0.15) is 0 Å². The van der Waals surface area contributed by atoms with Crippen molar-refractivity contribution in [1.82, 2.24) is 10.2 Å². The van der Waals surface area contributed by atoms with Crippen LogP contribution in [0.5, 0.6) is 0 Å². The maximum Gasteiger partial charge on any atom is 0.233 e. The molecule has 0 heterocycles. The number of ketones is 1. The Morgan fingerprint density at radius 2 is 1.94 bits per heavy atom. The van der Waals surface area contributed by atoms with Gasteiger partial charge in [0.1, 0.15) is 0 Å². The summed E-state index contributed by atoms with van der Waals surface area (Å²) >= 11 is 5.96. The molecular formula is C13H17ClN2O2. The molecule has 0 atom stereocenters. The average molecular weight is 269 g/mol. The number of nitrogens with one attached hydrogen (secondary N) is 1. The first-order valence-electron chi connectivity index (χ1n) is 5.79. The van der Waals surface area contributed by atoms with E-state index in [-0.39, 0.29) is 24.8 Å². The van der Waals surface area contributed by atoms with E-state index in [1.807, 2.05) is 6.92 Å². The van der Waals surface area contributed by atoms with Gasteiger partial charge in [0.05, 0.1) is 18.1 Å². The van der Waals surface area contributed by atoms with Crippen LogP contribution in [-0.2, 0) is 4.79 Å². The van der Waals surface area contributed by atoms with Gasteiger partial charge in [0.2, 0.25) is 5.91 Å². The van der Waals surface area contributed by atoms with Crippen molar-refractivity contribution in [3.63, 3.8) is 0 Å². The minimum absolute atomic E-state index is 0.0775. The topological polar surface area (TPSA) is 49.4 Å². The maximum absolute atomic E-state index is 12.0. The third-order valence-corrected chi connectivity index (χ3v) is 2.96. The normalized spacial score (nSPS) is 10.4. The monoisotopic (exact) mass is 268 g/mol. The molecule has 0 saturated heterocycles. The van der Waals surface area contributed by atoms with E-state index in [4.69, 9.17) is 11.6 Å². The third kappa shape index (κ3) is 4.13. The molecule has 1 N–H and O–H groups in total. The van der Waals surface area contributed by atoms with Crippen molar-refractivity contribution in [2.24, 2.45) is 0 Å². The van der Waals surface area contributed by atoms with Crippen LogP contribution < -0.4 is 5.32 Å². The Morgan fingerprint density at radius 3 is 2.50 bits per heavy atom. The Balaban J connectivity index is 2.68. The molecule has 18 heavy (non-hydrogen) atoms. The van der Waals surface area contributed by atoms with Crippen molar-refractivity contribution in [2.45, 2.75) is 6.92 Å². The molecule has 1 amide bonds. The lowest BCUT2D eigenvalue weighted by Crippen LogP contribution is -2.38. The average Bonchev–Trinajstić information content (AvgIpc) is 2.38. The van der Waals surface area contributed by atoms with Crippen LogP contribution in [0, 0.1) is 0 Å². The van der Waals surface area contributed by atoms with Crippen LogP contribution in [0.1, 0.15) is 17.3 Å². The lowest BCUT2D eigenvalue weighted by atomic mass is 10.1. The number of halogens is 1. The minimum atomic E-state index is -0.108. The van der Waals surface area contributed by atoms with Crippen LogP contribution in [0.4, 0.5) is 0 Å². The molecule has 4 nitrogen and oxygen atoms in total. The molecule has 0 aliphatic rings. The van der Waals surface area contributed by atoms with E-state index < -0.39 is 0 Å². The van der Waals surface area contributed by atoms with E-state index in [0.29, 0.717) is 17.1 Å². The minimum Gasteiger partial charge on any atom is -0.358 e. The van der Waals surface area contributed by atoms with E-state index in [2.05, 4.69) is 5.32 Å². The Labute approximate surface area is 112 Å². The number of Topliss-reactive ketones (excluding diaryl/α,β-unsaturated/α-hetero) is 1. The molecule has 0 aliphatic carbocycles. The number of benzene rings is 1. The lowest BCUT2D eigenvalue weighted by molar-refractivity contribution is -0.121. The van der Waals surface area contributed by atoms with Crippen molar-refractivity contribution in [1.29, 1.82) is 0 Å². The number of hydrogen-bond acceptors (Lipinski definition) is 3. The third-order valence-electron chi connectivity index (χ3n) is 2.63. The standard InChI is InChI=1S/C13H17ClN2O2/c1-3-16(9-13(18)15-2)8-12(17)10-6-4-5-7-11(10)14/h4-7H,3,8-9H2,1-2H3,(H,15,18). The largest absolute Gasteiger partial charge is 0.358 e. The van der Waals surface area contributed by atoms with E-state index in [1.165, 1.54) is 0 Å². The molecule has 0 aromatic heterocycles. The molecule has 0 bridgehead atoms. The molecule has 98 valence electrons. The highest BCUT2D eigenvalue weighted by molar-refractivity contribution is 6.34. The quantitative estimate of drug-likeness (QED) is 0.797. The summed E-state index contributed by atoms with van der Waals surface area (Å²) in [5.74, 6) is -0.185. The summed E-state index contributed by atoms with van der Waals surface area (Å²) in [7, 11) is 1.58. The zero-order valence-electron chi connectivity index (χ0n) is 10.6. The molecule has 0 unspecified atom stereocenters. The van der Waals surface area contributed by atoms with Gasteiger partial charge in [-0.05, 0) is 18.7 Å². The van der Waals surface area contributed by atoms with E-state index >= 15 is 0 Å². The molecule has 0 saturated carbocycles. The fourth-order valence-corrected chi connectivity index (χ4v) is 1.78. The summed E-state index contributed by atoms with van der Waals surface area (Å²) in [5, 5.41) is 2.98. The maximum atomic E-state index is 12.0.